The minimum Gasteiger partial charge on any atom is -0.398 e. The van der Waals surface area contributed by atoms with E-state index in [0.29, 0.717) is 0 Å². The van der Waals surface area contributed by atoms with Crippen molar-refractivity contribution in [3.63, 3.8) is 0 Å². The summed E-state index contributed by atoms with van der Waals surface area (Å²) in [5, 5.41) is 5.13. The molecule has 0 atom stereocenters. The second kappa shape index (κ2) is 5.42. The van der Waals surface area contributed by atoms with E-state index in [0.717, 1.165) is 40.6 Å². The van der Waals surface area contributed by atoms with Gasteiger partial charge in [-0.25, -0.2) is 9.67 Å². The van der Waals surface area contributed by atoms with E-state index in [4.69, 9.17) is 5.73 Å². The summed E-state index contributed by atoms with van der Waals surface area (Å²) < 4.78 is 6.08. The molecule has 0 spiro atoms. The molecule has 102 valence electrons. The highest BCUT2D eigenvalue weighted by atomic mass is 32.1. The van der Waals surface area contributed by atoms with Gasteiger partial charge in [0.25, 0.3) is 0 Å². The molecule has 2 aromatic heterocycles. The zero-order valence-corrected chi connectivity index (χ0v) is 12.0. The number of rotatable bonds is 4. The SMILES string of the molecule is CCCc1nsc(-n2cc(-c3ccccc3N)cn2)n1. The van der Waals surface area contributed by atoms with Crippen LogP contribution in [0.25, 0.3) is 16.3 Å². The number of nitrogens with zero attached hydrogens (tertiary/aromatic N) is 4. The highest BCUT2D eigenvalue weighted by Gasteiger charge is 2.09. The summed E-state index contributed by atoms with van der Waals surface area (Å²) in [7, 11) is 0. The molecule has 0 fully saturated rings. The van der Waals surface area contributed by atoms with Crippen LogP contribution in [0.4, 0.5) is 5.69 Å². The monoisotopic (exact) mass is 285 g/mol. The Morgan fingerprint density at radius 3 is 2.95 bits per heavy atom. The number of nitrogen functional groups attached to an aromatic ring is 1. The molecule has 0 saturated heterocycles. The summed E-state index contributed by atoms with van der Waals surface area (Å²) >= 11 is 1.36. The fourth-order valence-corrected chi connectivity index (χ4v) is 2.64. The lowest BCUT2D eigenvalue weighted by Gasteiger charge is -2.00. The smallest absolute Gasteiger partial charge is 0.230 e. The number of hydrogen-bond acceptors (Lipinski definition) is 5. The van der Waals surface area contributed by atoms with E-state index in [1.165, 1.54) is 11.5 Å². The van der Waals surface area contributed by atoms with Crippen molar-refractivity contribution in [1.29, 1.82) is 0 Å². The van der Waals surface area contributed by atoms with Crippen LogP contribution < -0.4 is 5.73 Å². The number of anilines is 1. The highest BCUT2D eigenvalue weighted by molar-refractivity contribution is 7.08. The minimum absolute atomic E-state index is 0.746. The first-order valence-corrected chi connectivity index (χ1v) is 7.27. The number of nitrogens with two attached hydrogens (primary N) is 1. The van der Waals surface area contributed by atoms with Gasteiger partial charge in [-0.15, -0.1) is 0 Å². The van der Waals surface area contributed by atoms with Crippen molar-refractivity contribution in [2.24, 2.45) is 0 Å². The Morgan fingerprint density at radius 1 is 1.30 bits per heavy atom. The van der Waals surface area contributed by atoms with Crippen LogP contribution in [0.2, 0.25) is 0 Å². The molecule has 0 aliphatic carbocycles. The standard InChI is InChI=1S/C14H15N5S/c1-2-5-13-17-14(20-18-13)19-9-10(8-16-19)11-6-3-4-7-12(11)15/h3-4,6-9H,2,5,15H2,1H3. The third kappa shape index (κ3) is 2.42. The Bertz CT molecular complexity index is 716. The van der Waals surface area contributed by atoms with Crippen molar-refractivity contribution >= 4 is 17.2 Å². The maximum Gasteiger partial charge on any atom is 0.230 e. The van der Waals surface area contributed by atoms with Crippen LogP contribution in [0.3, 0.4) is 0 Å². The molecule has 6 heteroatoms. The number of hydrogen-bond donors (Lipinski definition) is 1. The van der Waals surface area contributed by atoms with Gasteiger partial charge in [0.15, 0.2) is 0 Å². The Kier molecular flexibility index (Phi) is 3.47. The largest absolute Gasteiger partial charge is 0.398 e. The van der Waals surface area contributed by atoms with Crippen molar-refractivity contribution in [3.8, 4) is 16.3 Å². The Labute approximate surface area is 121 Å². The average Bonchev–Trinajstić information content (AvgIpc) is 3.08. The summed E-state index contributed by atoms with van der Waals surface area (Å²) in [6.07, 6.45) is 5.67. The number of aromatic nitrogens is 4. The Hall–Kier alpha value is -2.21. The third-order valence-corrected chi connectivity index (χ3v) is 3.73. The van der Waals surface area contributed by atoms with Crippen molar-refractivity contribution < 1.29 is 0 Å². The van der Waals surface area contributed by atoms with Crippen LogP contribution in [0.5, 0.6) is 0 Å². The zero-order valence-electron chi connectivity index (χ0n) is 11.2. The average molecular weight is 285 g/mol. The maximum atomic E-state index is 5.98. The van der Waals surface area contributed by atoms with Crippen LogP contribution in [0, 0.1) is 0 Å². The van der Waals surface area contributed by atoms with Gasteiger partial charge in [0.1, 0.15) is 5.82 Å². The minimum atomic E-state index is 0.746. The summed E-state index contributed by atoms with van der Waals surface area (Å²) in [5.74, 6) is 0.878. The van der Waals surface area contributed by atoms with Gasteiger partial charge in [-0.2, -0.15) is 9.47 Å². The second-order valence-corrected chi connectivity index (χ2v) is 5.23. The van der Waals surface area contributed by atoms with E-state index in [2.05, 4.69) is 21.4 Å². The number of aryl methyl sites for hydroxylation is 1. The van der Waals surface area contributed by atoms with Crippen LogP contribution in [0.15, 0.2) is 36.7 Å². The van der Waals surface area contributed by atoms with Crippen molar-refractivity contribution in [2.45, 2.75) is 19.8 Å². The molecule has 0 radical (unpaired) electrons. The predicted molar refractivity (Wildman–Crippen MR) is 80.9 cm³/mol. The van der Waals surface area contributed by atoms with Crippen LogP contribution in [-0.4, -0.2) is 19.1 Å². The quantitative estimate of drug-likeness (QED) is 0.748. The molecule has 0 aliphatic heterocycles. The van der Waals surface area contributed by atoms with Crippen molar-refractivity contribution in [3.05, 3.63) is 42.5 Å². The van der Waals surface area contributed by atoms with Crippen LogP contribution >= 0.6 is 11.5 Å². The van der Waals surface area contributed by atoms with E-state index in [-0.39, 0.29) is 0 Å². The van der Waals surface area contributed by atoms with Crippen LogP contribution in [-0.2, 0) is 6.42 Å². The molecule has 0 aliphatic rings. The molecule has 1 aromatic carbocycles. The van der Waals surface area contributed by atoms with E-state index in [1.807, 2.05) is 30.5 Å². The van der Waals surface area contributed by atoms with E-state index >= 15 is 0 Å². The first-order chi connectivity index (χ1) is 9.78. The second-order valence-electron chi connectivity index (χ2n) is 4.50. The van der Waals surface area contributed by atoms with E-state index < -0.39 is 0 Å². The van der Waals surface area contributed by atoms with E-state index in [9.17, 15) is 0 Å². The molecule has 3 aromatic rings. The third-order valence-electron chi connectivity index (χ3n) is 2.98. The summed E-state index contributed by atoms with van der Waals surface area (Å²) in [5.41, 5.74) is 8.69. The van der Waals surface area contributed by atoms with Crippen molar-refractivity contribution in [1.82, 2.24) is 19.1 Å². The predicted octanol–water partition coefficient (Wildman–Crippen LogP) is 2.93. The summed E-state index contributed by atoms with van der Waals surface area (Å²) in [6, 6.07) is 7.76. The summed E-state index contributed by atoms with van der Waals surface area (Å²) in [4.78, 5) is 4.48. The number of benzene rings is 1. The molecule has 20 heavy (non-hydrogen) atoms. The van der Waals surface area contributed by atoms with Gasteiger partial charge in [-0.1, -0.05) is 25.1 Å². The molecule has 0 unspecified atom stereocenters. The lowest BCUT2D eigenvalue weighted by molar-refractivity contribution is 0.825. The lowest BCUT2D eigenvalue weighted by atomic mass is 10.1. The molecule has 0 bridgehead atoms. The molecule has 2 heterocycles. The highest BCUT2D eigenvalue weighted by Crippen LogP contribution is 2.25. The zero-order chi connectivity index (χ0) is 13.9. The molecular formula is C14H15N5S. The molecule has 2 N–H and O–H groups in total. The van der Waals surface area contributed by atoms with Crippen LogP contribution in [0.1, 0.15) is 19.2 Å². The lowest BCUT2D eigenvalue weighted by Crippen LogP contribution is -1.94. The Balaban J connectivity index is 1.91. The fraction of sp³-hybridized carbons (Fsp3) is 0.214. The summed E-state index contributed by atoms with van der Waals surface area (Å²) in [6.45, 7) is 2.12. The molecular weight excluding hydrogens is 270 g/mol. The van der Waals surface area contributed by atoms with Gasteiger partial charge >= 0.3 is 0 Å². The van der Waals surface area contributed by atoms with Crippen molar-refractivity contribution in [2.75, 3.05) is 5.73 Å². The van der Waals surface area contributed by atoms with Gasteiger partial charge in [-0.3, -0.25) is 0 Å². The molecule has 5 nitrogen and oxygen atoms in total. The normalized spacial score (nSPS) is 10.8. The first kappa shape index (κ1) is 12.8. The number of para-hydroxylation sites is 1. The van der Waals surface area contributed by atoms with Gasteiger partial charge in [-0.05, 0) is 12.5 Å². The van der Waals surface area contributed by atoms with Gasteiger partial charge in [0.05, 0.1) is 6.20 Å². The van der Waals surface area contributed by atoms with Gasteiger partial charge < -0.3 is 5.73 Å². The molecule has 0 amide bonds. The van der Waals surface area contributed by atoms with Gasteiger partial charge in [0.2, 0.25) is 5.13 Å². The maximum absolute atomic E-state index is 5.98. The van der Waals surface area contributed by atoms with Gasteiger partial charge in [0, 0.05) is 41.0 Å². The Morgan fingerprint density at radius 2 is 2.15 bits per heavy atom. The molecule has 0 saturated carbocycles. The molecule has 3 rings (SSSR count). The fourth-order valence-electron chi connectivity index (χ4n) is 1.99. The topological polar surface area (TPSA) is 69.6 Å². The van der Waals surface area contributed by atoms with E-state index in [1.54, 1.807) is 10.9 Å². The first-order valence-electron chi connectivity index (χ1n) is 6.50.